The molecule has 0 aromatic rings. The largest absolute Gasteiger partial charge is 0.549 e. The molecule has 0 rings (SSSR count). The quantitative estimate of drug-likeness (QED) is 0.230. The standard InChI is InChI=1S/C16H34OSi/c1-5-9-10-11-12-13-14-15-16-17-18(6-2,7-3)8-4/h15-16H,5-14H2,1-4H3/b16-15+. The Balaban J connectivity index is 3.58. The molecule has 0 aliphatic heterocycles. The van der Waals surface area contributed by atoms with Crippen molar-refractivity contribution in [3.05, 3.63) is 12.3 Å². The molecule has 2 heteroatoms. The van der Waals surface area contributed by atoms with Crippen molar-refractivity contribution < 1.29 is 4.43 Å². The third-order valence-corrected chi connectivity index (χ3v) is 8.57. The summed E-state index contributed by atoms with van der Waals surface area (Å²) in [6.07, 6.45) is 13.7. The van der Waals surface area contributed by atoms with Crippen LogP contribution in [-0.2, 0) is 4.43 Å². The summed E-state index contributed by atoms with van der Waals surface area (Å²) < 4.78 is 6.08. The van der Waals surface area contributed by atoms with E-state index in [4.69, 9.17) is 4.43 Å². The second-order valence-corrected chi connectivity index (χ2v) is 10.0. The first-order valence-electron chi connectivity index (χ1n) is 8.07. The van der Waals surface area contributed by atoms with Gasteiger partial charge in [-0.15, -0.1) is 0 Å². The van der Waals surface area contributed by atoms with Gasteiger partial charge in [0.1, 0.15) is 0 Å². The van der Waals surface area contributed by atoms with Crippen LogP contribution in [0.2, 0.25) is 18.1 Å². The summed E-state index contributed by atoms with van der Waals surface area (Å²) in [4.78, 5) is 0. The highest BCUT2D eigenvalue weighted by Gasteiger charge is 2.28. The van der Waals surface area contributed by atoms with Gasteiger partial charge in [-0.25, -0.2) is 0 Å². The first-order chi connectivity index (χ1) is 8.74. The molecule has 0 spiro atoms. The Bertz CT molecular complexity index is 189. The minimum atomic E-state index is -1.39. The first-order valence-corrected chi connectivity index (χ1v) is 10.6. The highest BCUT2D eigenvalue weighted by molar-refractivity contribution is 6.73. The normalized spacial score (nSPS) is 12.2. The predicted octanol–water partition coefficient (Wildman–Crippen LogP) is 6.27. The van der Waals surface area contributed by atoms with E-state index in [2.05, 4.69) is 33.8 Å². The van der Waals surface area contributed by atoms with E-state index in [1.165, 1.54) is 63.1 Å². The predicted molar refractivity (Wildman–Crippen MR) is 85.4 cm³/mol. The van der Waals surface area contributed by atoms with E-state index in [9.17, 15) is 0 Å². The fourth-order valence-electron chi connectivity index (χ4n) is 2.30. The van der Waals surface area contributed by atoms with Crippen LogP contribution in [0, 0.1) is 0 Å². The van der Waals surface area contributed by atoms with Gasteiger partial charge in [0.05, 0.1) is 6.26 Å². The SMILES string of the molecule is CCCCCCCC/C=C/O[Si](CC)(CC)CC. The van der Waals surface area contributed by atoms with E-state index in [0.717, 1.165) is 0 Å². The van der Waals surface area contributed by atoms with E-state index in [-0.39, 0.29) is 0 Å². The molecule has 108 valence electrons. The monoisotopic (exact) mass is 270 g/mol. The summed E-state index contributed by atoms with van der Waals surface area (Å²) in [5, 5.41) is 0. The summed E-state index contributed by atoms with van der Waals surface area (Å²) in [5.74, 6) is 0. The van der Waals surface area contributed by atoms with Gasteiger partial charge in [-0.05, 0) is 31.0 Å². The number of unbranched alkanes of at least 4 members (excludes halogenated alkanes) is 6. The third kappa shape index (κ3) is 7.96. The van der Waals surface area contributed by atoms with Gasteiger partial charge in [0.2, 0.25) is 8.32 Å². The molecule has 0 bridgehead atoms. The van der Waals surface area contributed by atoms with Crippen molar-refractivity contribution in [3.63, 3.8) is 0 Å². The highest BCUT2D eigenvalue weighted by Crippen LogP contribution is 2.21. The van der Waals surface area contributed by atoms with Crippen LogP contribution in [0.25, 0.3) is 0 Å². The van der Waals surface area contributed by atoms with Crippen LogP contribution < -0.4 is 0 Å². The van der Waals surface area contributed by atoms with Gasteiger partial charge < -0.3 is 4.43 Å². The number of hydrogen-bond donors (Lipinski definition) is 0. The number of allylic oxidation sites excluding steroid dienone is 1. The maximum Gasteiger partial charge on any atom is 0.249 e. The summed E-state index contributed by atoms with van der Waals surface area (Å²) in [6, 6.07) is 3.71. The van der Waals surface area contributed by atoms with Crippen molar-refractivity contribution in [2.24, 2.45) is 0 Å². The van der Waals surface area contributed by atoms with Crippen molar-refractivity contribution in [1.29, 1.82) is 0 Å². The van der Waals surface area contributed by atoms with Gasteiger partial charge in [0.15, 0.2) is 0 Å². The van der Waals surface area contributed by atoms with Crippen LogP contribution in [0.5, 0.6) is 0 Å². The van der Waals surface area contributed by atoms with Gasteiger partial charge in [-0.2, -0.15) is 0 Å². The average molecular weight is 271 g/mol. The Hall–Kier alpha value is -0.243. The van der Waals surface area contributed by atoms with E-state index in [1.807, 2.05) is 6.26 Å². The minimum absolute atomic E-state index is 1.19. The van der Waals surface area contributed by atoms with Crippen LogP contribution in [0.1, 0.15) is 72.6 Å². The zero-order valence-electron chi connectivity index (χ0n) is 13.1. The second kappa shape index (κ2) is 11.8. The Morgan fingerprint density at radius 2 is 1.33 bits per heavy atom. The van der Waals surface area contributed by atoms with Crippen molar-refractivity contribution in [2.45, 2.75) is 90.8 Å². The molecule has 0 aliphatic carbocycles. The summed E-state index contributed by atoms with van der Waals surface area (Å²) >= 11 is 0. The number of hydrogen-bond acceptors (Lipinski definition) is 1. The van der Waals surface area contributed by atoms with Crippen LogP contribution >= 0.6 is 0 Å². The van der Waals surface area contributed by atoms with Gasteiger partial charge in [0, 0.05) is 0 Å². The lowest BCUT2D eigenvalue weighted by Gasteiger charge is -2.26. The molecule has 0 atom stereocenters. The van der Waals surface area contributed by atoms with E-state index < -0.39 is 8.32 Å². The van der Waals surface area contributed by atoms with Crippen molar-refractivity contribution in [2.75, 3.05) is 0 Å². The molecule has 0 saturated carbocycles. The van der Waals surface area contributed by atoms with Crippen molar-refractivity contribution in [3.8, 4) is 0 Å². The molecule has 0 radical (unpaired) electrons. The fourth-order valence-corrected chi connectivity index (χ4v) is 4.69. The summed E-state index contributed by atoms with van der Waals surface area (Å²) in [6.45, 7) is 9.10. The molecule has 18 heavy (non-hydrogen) atoms. The molecule has 0 heterocycles. The molecule has 0 aromatic carbocycles. The molecule has 0 unspecified atom stereocenters. The molecule has 0 saturated heterocycles. The van der Waals surface area contributed by atoms with Gasteiger partial charge in [-0.1, -0.05) is 65.9 Å². The zero-order chi connectivity index (χ0) is 13.7. The third-order valence-electron chi connectivity index (χ3n) is 4.07. The average Bonchev–Trinajstić information content (AvgIpc) is 2.42. The second-order valence-electron chi connectivity index (χ2n) is 5.29. The molecule has 0 aromatic heterocycles. The fraction of sp³-hybridized carbons (Fsp3) is 0.875. The number of rotatable bonds is 12. The Labute approximate surface area is 116 Å². The lowest BCUT2D eigenvalue weighted by atomic mass is 10.1. The van der Waals surface area contributed by atoms with Gasteiger partial charge >= 0.3 is 0 Å². The van der Waals surface area contributed by atoms with E-state index >= 15 is 0 Å². The highest BCUT2D eigenvalue weighted by atomic mass is 28.4. The minimum Gasteiger partial charge on any atom is -0.549 e. The Morgan fingerprint density at radius 3 is 1.89 bits per heavy atom. The molecule has 1 nitrogen and oxygen atoms in total. The molecule has 0 fully saturated rings. The van der Waals surface area contributed by atoms with Crippen molar-refractivity contribution in [1.82, 2.24) is 0 Å². The molecule has 0 amide bonds. The first kappa shape index (κ1) is 17.8. The van der Waals surface area contributed by atoms with Crippen molar-refractivity contribution >= 4 is 8.32 Å². The van der Waals surface area contributed by atoms with E-state index in [0.29, 0.717) is 0 Å². The van der Waals surface area contributed by atoms with Crippen LogP contribution in [-0.4, -0.2) is 8.32 Å². The summed E-state index contributed by atoms with van der Waals surface area (Å²) in [5.41, 5.74) is 0. The van der Waals surface area contributed by atoms with Gasteiger partial charge in [-0.3, -0.25) is 0 Å². The molecular weight excluding hydrogens is 236 g/mol. The lowest BCUT2D eigenvalue weighted by Crippen LogP contribution is -2.33. The topological polar surface area (TPSA) is 9.23 Å². The Kier molecular flexibility index (Phi) is 11.7. The zero-order valence-corrected chi connectivity index (χ0v) is 14.1. The summed E-state index contributed by atoms with van der Waals surface area (Å²) in [7, 11) is -1.39. The van der Waals surface area contributed by atoms with E-state index in [1.54, 1.807) is 0 Å². The smallest absolute Gasteiger partial charge is 0.249 e. The Morgan fingerprint density at radius 1 is 0.778 bits per heavy atom. The van der Waals surface area contributed by atoms with Gasteiger partial charge in [0.25, 0.3) is 0 Å². The molecule has 0 N–H and O–H groups in total. The van der Waals surface area contributed by atoms with Crippen LogP contribution in [0.4, 0.5) is 0 Å². The molecular formula is C16H34OSi. The molecule has 0 aliphatic rings. The lowest BCUT2D eigenvalue weighted by molar-refractivity contribution is 0.455. The van der Waals surface area contributed by atoms with Crippen LogP contribution in [0.15, 0.2) is 12.3 Å². The maximum atomic E-state index is 6.08. The van der Waals surface area contributed by atoms with Crippen LogP contribution in [0.3, 0.4) is 0 Å². The maximum absolute atomic E-state index is 6.08.